The number of halogens is 2. The number of carbonyl (C=O) groups excluding carboxylic acids is 1. The molecule has 1 aromatic heterocycles. The lowest BCUT2D eigenvalue weighted by Crippen LogP contribution is -2.22. The van der Waals surface area contributed by atoms with E-state index in [1.807, 2.05) is 0 Å². The summed E-state index contributed by atoms with van der Waals surface area (Å²) in [6, 6.07) is 14.9. The molecule has 3 aromatic carbocycles. The summed E-state index contributed by atoms with van der Waals surface area (Å²) in [7, 11) is 0. The van der Waals surface area contributed by atoms with Crippen LogP contribution in [-0.4, -0.2) is 15.3 Å². The number of carbonyl (C=O) groups is 1. The van der Waals surface area contributed by atoms with Crippen molar-refractivity contribution in [2.45, 2.75) is 6.54 Å². The van der Waals surface area contributed by atoms with Crippen LogP contribution in [-0.2, 0) is 6.54 Å². The Labute approximate surface area is 163 Å². The van der Waals surface area contributed by atoms with Crippen molar-refractivity contribution in [1.29, 1.82) is 0 Å². The van der Waals surface area contributed by atoms with Crippen LogP contribution < -0.4 is 10.9 Å². The molecule has 0 saturated heterocycles. The Morgan fingerprint density at radius 3 is 2.48 bits per heavy atom. The summed E-state index contributed by atoms with van der Waals surface area (Å²) in [5.74, 6) is -1.41. The molecule has 29 heavy (non-hydrogen) atoms. The van der Waals surface area contributed by atoms with E-state index in [0.29, 0.717) is 28.8 Å². The fourth-order valence-electron chi connectivity index (χ4n) is 3.53. The maximum Gasteiger partial charge on any atom is 0.266 e. The topological polar surface area (TPSA) is 64.0 Å². The molecule has 0 amide bonds. The highest BCUT2D eigenvalue weighted by molar-refractivity contribution is 6.13. The van der Waals surface area contributed by atoms with E-state index >= 15 is 0 Å². The number of hydrogen-bond donors (Lipinski definition) is 1. The number of aromatic nitrogens is 2. The number of nitrogens with zero attached hydrogens (tertiary/aromatic N) is 2. The summed E-state index contributed by atoms with van der Waals surface area (Å²) < 4.78 is 27.9. The van der Waals surface area contributed by atoms with E-state index in [4.69, 9.17) is 0 Å². The summed E-state index contributed by atoms with van der Waals surface area (Å²) >= 11 is 0. The Morgan fingerprint density at radius 1 is 0.931 bits per heavy atom. The molecule has 5 rings (SSSR count). The van der Waals surface area contributed by atoms with Crippen molar-refractivity contribution in [3.05, 3.63) is 99.6 Å². The summed E-state index contributed by atoms with van der Waals surface area (Å²) in [5.41, 5.74) is 1.82. The molecule has 0 fully saturated rings. The van der Waals surface area contributed by atoms with Gasteiger partial charge in [-0.3, -0.25) is 14.2 Å². The standard InChI is InChI=1S/C22H13F2N3O2/c23-13-6-4-12(5-7-13)11-25-17-3-1-2-15-19(17)26-21-20(28)16-10-14(24)8-9-18(16)27(21)22(15)29/h1-10,25H,11H2. The third kappa shape index (κ3) is 2.70. The zero-order valence-corrected chi connectivity index (χ0v) is 14.9. The fourth-order valence-corrected chi connectivity index (χ4v) is 3.53. The molecule has 1 aliphatic rings. The van der Waals surface area contributed by atoms with Crippen molar-refractivity contribution in [2.75, 3.05) is 5.32 Å². The minimum Gasteiger partial charge on any atom is -0.379 e. The van der Waals surface area contributed by atoms with Gasteiger partial charge in [-0.15, -0.1) is 0 Å². The van der Waals surface area contributed by atoms with E-state index in [-0.39, 0.29) is 17.2 Å². The molecule has 0 bridgehead atoms. The number of anilines is 1. The Morgan fingerprint density at radius 2 is 1.69 bits per heavy atom. The third-order valence-electron chi connectivity index (χ3n) is 4.94. The first-order valence-electron chi connectivity index (χ1n) is 8.91. The number of hydrogen-bond acceptors (Lipinski definition) is 4. The lowest BCUT2D eigenvalue weighted by Gasteiger charge is -2.11. The molecule has 2 heterocycles. The van der Waals surface area contributed by atoms with Crippen LogP contribution in [0.4, 0.5) is 14.5 Å². The summed E-state index contributed by atoms with van der Waals surface area (Å²) in [6.45, 7) is 0.388. The molecule has 4 aromatic rings. The van der Waals surface area contributed by atoms with E-state index < -0.39 is 17.2 Å². The van der Waals surface area contributed by atoms with E-state index in [9.17, 15) is 18.4 Å². The molecule has 142 valence electrons. The predicted molar refractivity (Wildman–Crippen MR) is 104 cm³/mol. The van der Waals surface area contributed by atoms with E-state index in [1.54, 1.807) is 30.3 Å². The Kier molecular flexibility index (Phi) is 3.77. The van der Waals surface area contributed by atoms with Crippen molar-refractivity contribution in [2.24, 2.45) is 0 Å². The average Bonchev–Trinajstić information content (AvgIpc) is 3.00. The maximum atomic E-state index is 13.6. The van der Waals surface area contributed by atoms with Crippen LogP contribution in [0.5, 0.6) is 0 Å². The summed E-state index contributed by atoms with van der Waals surface area (Å²) in [6.07, 6.45) is 0. The second-order valence-corrected chi connectivity index (χ2v) is 6.75. The van der Waals surface area contributed by atoms with Gasteiger partial charge < -0.3 is 5.32 Å². The van der Waals surface area contributed by atoms with Crippen LogP contribution in [0.25, 0.3) is 16.6 Å². The summed E-state index contributed by atoms with van der Waals surface area (Å²) in [5, 5.41) is 3.52. The molecule has 0 spiro atoms. The summed E-state index contributed by atoms with van der Waals surface area (Å²) in [4.78, 5) is 30.2. The van der Waals surface area contributed by atoms with Crippen molar-refractivity contribution in [1.82, 2.24) is 9.55 Å². The van der Waals surface area contributed by atoms with Crippen molar-refractivity contribution >= 4 is 22.4 Å². The van der Waals surface area contributed by atoms with Gasteiger partial charge in [0.2, 0.25) is 5.78 Å². The van der Waals surface area contributed by atoms with Gasteiger partial charge in [-0.05, 0) is 48.0 Å². The van der Waals surface area contributed by atoms with Crippen LogP contribution in [0, 0.1) is 11.6 Å². The van der Waals surface area contributed by atoms with Gasteiger partial charge in [0.25, 0.3) is 5.56 Å². The Hall–Kier alpha value is -3.87. The van der Waals surface area contributed by atoms with Crippen LogP contribution >= 0.6 is 0 Å². The van der Waals surface area contributed by atoms with Crippen LogP contribution in [0.2, 0.25) is 0 Å². The lowest BCUT2D eigenvalue weighted by molar-refractivity contribution is 0.103. The SMILES string of the molecule is O=C1c2cc(F)ccc2-n2c1nc1c(NCc3ccc(F)cc3)cccc1c2=O. The Balaban J connectivity index is 1.62. The predicted octanol–water partition coefficient (Wildman–Crippen LogP) is 3.82. The van der Waals surface area contributed by atoms with Gasteiger partial charge in [-0.25, -0.2) is 13.8 Å². The maximum absolute atomic E-state index is 13.6. The zero-order chi connectivity index (χ0) is 20.1. The van der Waals surface area contributed by atoms with Gasteiger partial charge in [0.05, 0.1) is 22.3 Å². The number of rotatable bonds is 3. The molecule has 1 N–H and O–H groups in total. The monoisotopic (exact) mass is 389 g/mol. The minimum absolute atomic E-state index is 0.0425. The Bertz CT molecular complexity index is 1360. The third-order valence-corrected chi connectivity index (χ3v) is 4.94. The molecule has 7 heteroatoms. The van der Waals surface area contributed by atoms with E-state index in [0.717, 1.165) is 11.6 Å². The highest BCUT2D eigenvalue weighted by atomic mass is 19.1. The van der Waals surface area contributed by atoms with E-state index in [1.165, 1.54) is 28.8 Å². The number of ketones is 1. The molecule has 0 aliphatic carbocycles. The fraction of sp³-hybridized carbons (Fsp3) is 0.0455. The highest BCUT2D eigenvalue weighted by Crippen LogP contribution is 2.29. The molecule has 0 unspecified atom stereocenters. The van der Waals surface area contributed by atoms with Gasteiger partial charge in [-0.1, -0.05) is 18.2 Å². The number of benzene rings is 3. The van der Waals surface area contributed by atoms with Gasteiger partial charge in [0.15, 0.2) is 5.82 Å². The molecular formula is C22H13F2N3O2. The minimum atomic E-state index is -0.552. The zero-order valence-electron chi connectivity index (χ0n) is 14.9. The average molecular weight is 389 g/mol. The largest absolute Gasteiger partial charge is 0.379 e. The van der Waals surface area contributed by atoms with Gasteiger partial charge >= 0.3 is 0 Å². The normalized spacial score (nSPS) is 12.1. The number of fused-ring (bicyclic) bond motifs is 4. The van der Waals surface area contributed by atoms with E-state index in [2.05, 4.69) is 10.3 Å². The number of nitrogens with one attached hydrogen (secondary N) is 1. The molecular weight excluding hydrogens is 376 g/mol. The van der Waals surface area contributed by atoms with Gasteiger partial charge in [0.1, 0.15) is 17.2 Å². The van der Waals surface area contributed by atoms with Crippen molar-refractivity contribution in [3.63, 3.8) is 0 Å². The molecule has 1 aliphatic heterocycles. The first-order chi connectivity index (χ1) is 14.0. The van der Waals surface area contributed by atoms with Crippen LogP contribution in [0.3, 0.4) is 0 Å². The van der Waals surface area contributed by atoms with Crippen LogP contribution in [0.15, 0.2) is 65.5 Å². The van der Waals surface area contributed by atoms with Gasteiger partial charge in [0, 0.05) is 6.54 Å². The van der Waals surface area contributed by atoms with Gasteiger partial charge in [-0.2, -0.15) is 0 Å². The molecule has 0 atom stereocenters. The lowest BCUT2D eigenvalue weighted by atomic mass is 10.1. The highest BCUT2D eigenvalue weighted by Gasteiger charge is 2.31. The molecule has 5 nitrogen and oxygen atoms in total. The first-order valence-corrected chi connectivity index (χ1v) is 8.91. The van der Waals surface area contributed by atoms with Crippen LogP contribution in [0.1, 0.15) is 21.7 Å². The molecule has 0 radical (unpaired) electrons. The van der Waals surface area contributed by atoms with Crippen molar-refractivity contribution in [3.8, 4) is 5.69 Å². The smallest absolute Gasteiger partial charge is 0.266 e. The molecule has 0 saturated carbocycles. The van der Waals surface area contributed by atoms with Crippen molar-refractivity contribution < 1.29 is 13.6 Å². The second-order valence-electron chi connectivity index (χ2n) is 6.75. The number of para-hydroxylation sites is 1. The first kappa shape index (κ1) is 17.2. The quantitative estimate of drug-likeness (QED) is 0.510. The second kappa shape index (κ2) is 6.34.